The van der Waals surface area contributed by atoms with Gasteiger partial charge in [-0.25, -0.2) is 23.4 Å². The topological polar surface area (TPSA) is 107 Å². The van der Waals surface area contributed by atoms with Gasteiger partial charge >= 0.3 is 11.6 Å². The van der Waals surface area contributed by atoms with Gasteiger partial charge in [-0.3, -0.25) is 14.4 Å². The number of hydrogen-bond donors (Lipinski definition) is 0. The SMILES string of the molecule is CN1N=CC(c2nn(C)c(=O)n(-c3ccccc3F)c2=O)C(=O)C1=O. The van der Waals surface area contributed by atoms with E-state index < -0.39 is 34.7 Å². The van der Waals surface area contributed by atoms with E-state index in [9.17, 15) is 23.6 Å². The monoisotopic (exact) mass is 345 g/mol. The van der Waals surface area contributed by atoms with Crippen LogP contribution in [0.25, 0.3) is 5.69 Å². The van der Waals surface area contributed by atoms with Crippen molar-refractivity contribution in [1.82, 2.24) is 19.4 Å². The number of halogens is 1. The number of aryl methyl sites for hydroxylation is 1. The largest absolute Gasteiger partial charge is 0.351 e. The van der Waals surface area contributed by atoms with Gasteiger partial charge < -0.3 is 0 Å². The number of Topliss-reactive ketones (excluding diaryl/α,β-unsaturated/α-hetero) is 1. The van der Waals surface area contributed by atoms with Crippen LogP contribution in [0.1, 0.15) is 11.6 Å². The highest BCUT2D eigenvalue weighted by atomic mass is 19.1. The zero-order chi connectivity index (χ0) is 18.3. The first kappa shape index (κ1) is 16.4. The number of hydrazone groups is 1. The molecule has 0 spiro atoms. The lowest BCUT2D eigenvalue weighted by molar-refractivity contribution is -0.144. The van der Waals surface area contributed by atoms with Crippen molar-refractivity contribution >= 4 is 17.9 Å². The van der Waals surface area contributed by atoms with Crippen LogP contribution in [0.4, 0.5) is 4.39 Å². The van der Waals surface area contributed by atoms with E-state index in [0.29, 0.717) is 4.57 Å². The second-order valence-corrected chi connectivity index (χ2v) is 5.32. The van der Waals surface area contributed by atoms with Crippen LogP contribution >= 0.6 is 0 Å². The van der Waals surface area contributed by atoms with Crippen molar-refractivity contribution in [2.75, 3.05) is 7.05 Å². The Morgan fingerprint density at radius 3 is 2.44 bits per heavy atom. The van der Waals surface area contributed by atoms with Gasteiger partial charge in [0.25, 0.3) is 5.56 Å². The molecule has 0 saturated heterocycles. The Balaban J connectivity index is 2.29. The maximum atomic E-state index is 14.0. The average molecular weight is 345 g/mol. The molecule has 0 radical (unpaired) electrons. The molecule has 1 atom stereocenters. The van der Waals surface area contributed by atoms with E-state index in [0.717, 1.165) is 22.0 Å². The lowest BCUT2D eigenvalue weighted by atomic mass is 10.00. The van der Waals surface area contributed by atoms with Crippen LogP contribution < -0.4 is 11.2 Å². The minimum absolute atomic E-state index is 0.277. The Morgan fingerprint density at radius 1 is 1.08 bits per heavy atom. The van der Waals surface area contributed by atoms with Crippen molar-refractivity contribution in [3.05, 3.63) is 56.6 Å². The van der Waals surface area contributed by atoms with Gasteiger partial charge in [-0.1, -0.05) is 12.1 Å². The molecule has 2 aromatic rings. The predicted molar refractivity (Wildman–Crippen MR) is 84.0 cm³/mol. The predicted octanol–water partition coefficient (Wildman–Crippen LogP) is -0.819. The van der Waals surface area contributed by atoms with E-state index in [4.69, 9.17) is 0 Å². The number of amides is 1. The number of benzene rings is 1. The lowest BCUT2D eigenvalue weighted by Crippen LogP contribution is -2.46. The zero-order valence-electron chi connectivity index (χ0n) is 13.2. The summed E-state index contributed by atoms with van der Waals surface area (Å²) in [6, 6.07) is 5.20. The van der Waals surface area contributed by atoms with Crippen LogP contribution in [-0.4, -0.2) is 44.3 Å². The van der Waals surface area contributed by atoms with Gasteiger partial charge in [0.15, 0.2) is 0 Å². The Bertz CT molecular complexity index is 1040. The van der Waals surface area contributed by atoms with Crippen molar-refractivity contribution in [2.24, 2.45) is 12.1 Å². The quantitative estimate of drug-likeness (QED) is 0.661. The first-order valence-corrected chi connectivity index (χ1v) is 7.14. The number of likely N-dealkylation sites (N-methyl/N-ethyl adjacent to an activating group) is 1. The van der Waals surface area contributed by atoms with Gasteiger partial charge in [-0.15, -0.1) is 0 Å². The Hall–Kier alpha value is -3.43. The number of carbonyl (C=O) groups is 2. The Morgan fingerprint density at radius 2 is 1.76 bits per heavy atom. The molecule has 9 nitrogen and oxygen atoms in total. The normalized spacial score (nSPS) is 17.2. The summed E-state index contributed by atoms with van der Waals surface area (Å²) >= 11 is 0. The summed E-state index contributed by atoms with van der Waals surface area (Å²) < 4.78 is 15.4. The number of nitrogens with zero attached hydrogens (tertiary/aromatic N) is 5. The van der Waals surface area contributed by atoms with Crippen molar-refractivity contribution in [3.63, 3.8) is 0 Å². The lowest BCUT2D eigenvalue weighted by Gasteiger charge is -2.20. The van der Waals surface area contributed by atoms with E-state index in [1.807, 2.05) is 0 Å². The fourth-order valence-corrected chi connectivity index (χ4v) is 2.41. The molecule has 2 heterocycles. The third kappa shape index (κ3) is 2.57. The molecular formula is C15H12FN5O4. The zero-order valence-corrected chi connectivity index (χ0v) is 13.2. The van der Waals surface area contributed by atoms with Crippen molar-refractivity contribution < 1.29 is 14.0 Å². The molecule has 0 saturated carbocycles. The number of ketones is 1. The first-order chi connectivity index (χ1) is 11.8. The molecule has 0 aliphatic carbocycles. The van der Waals surface area contributed by atoms with Crippen molar-refractivity contribution in [2.45, 2.75) is 5.92 Å². The first-order valence-electron chi connectivity index (χ1n) is 7.14. The van der Waals surface area contributed by atoms with Gasteiger partial charge in [0.1, 0.15) is 17.4 Å². The van der Waals surface area contributed by atoms with Gasteiger partial charge in [0.05, 0.1) is 5.69 Å². The molecule has 0 N–H and O–H groups in total. The third-order valence-electron chi connectivity index (χ3n) is 3.71. The standard InChI is InChI=1S/C15H12FN5O4/c1-19-14(24)12(22)8(7-17-19)11-13(23)21(15(25)20(2)18-11)10-6-4-3-5-9(10)16/h3-8H,1-2H3. The van der Waals surface area contributed by atoms with Crippen LogP contribution in [-0.2, 0) is 16.6 Å². The van der Waals surface area contributed by atoms with Crippen LogP contribution in [0.2, 0.25) is 0 Å². The van der Waals surface area contributed by atoms with Gasteiger partial charge in [-0.05, 0) is 12.1 Å². The highest BCUT2D eigenvalue weighted by Gasteiger charge is 2.35. The van der Waals surface area contributed by atoms with Crippen LogP contribution in [0.15, 0.2) is 39.0 Å². The highest BCUT2D eigenvalue weighted by Crippen LogP contribution is 2.15. The maximum Gasteiger partial charge on any atom is 0.351 e. The molecule has 25 heavy (non-hydrogen) atoms. The molecule has 1 aromatic heterocycles. The summed E-state index contributed by atoms with van der Waals surface area (Å²) in [7, 11) is 2.54. The summed E-state index contributed by atoms with van der Waals surface area (Å²) in [5.41, 5.74) is -2.54. The third-order valence-corrected chi connectivity index (χ3v) is 3.71. The second kappa shape index (κ2) is 5.89. The molecule has 1 aliphatic rings. The van der Waals surface area contributed by atoms with E-state index >= 15 is 0 Å². The highest BCUT2D eigenvalue weighted by molar-refractivity contribution is 6.42. The van der Waals surface area contributed by atoms with Gasteiger partial charge in [-0.2, -0.15) is 10.2 Å². The summed E-state index contributed by atoms with van der Waals surface area (Å²) in [6.45, 7) is 0. The molecular weight excluding hydrogens is 333 g/mol. The molecule has 1 amide bonds. The molecule has 0 bridgehead atoms. The van der Waals surface area contributed by atoms with E-state index in [-0.39, 0.29) is 11.4 Å². The fourth-order valence-electron chi connectivity index (χ4n) is 2.41. The molecule has 1 aromatic carbocycles. The molecule has 10 heteroatoms. The van der Waals surface area contributed by atoms with E-state index in [1.54, 1.807) is 0 Å². The Labute approximate surface area is 139 Å². The van der Waals surface area contributed by atoms with Crippen LogP contribution in [0.3, 0.4) is 0 Å². The summed E-state index contributed by atoms with van der Waals surface area (Å²) in [4.78, 5) is 48.9. The minimum Gasteiger partial charge on any atom is -0.287 e. The van der Waals surface area contributed by atoms with Crippen molar-refractivity contribution in [3.8, 4) is 5.69 Å². The minimum atomic E-state index is -1.35. The number of aromatic nitrogens is 3. The van der Waals surface area contributed by atoms with Crippen LogP contribution in [0.5, 0.6) is 0 Å². The molecule has 1 unspecified atom stereocenters. The average Bonchev–Trinajstić information content (AvgIpc) is 2.58. The molecule has 3 rings (SSSR count). The summed E-state index contributed by atoms with van der Waals surface area (Å²) in [6.07, 6.45) is 1.09. The number of carbonyl (C=O) groups excluding carboxylic acids is 2. The van der Waals surface area contributed by atoms with E-state index in [2.05, 4.69) is 10.2 Å². The number of hydrogen-bond acceptors (Lipinski definition) is 6. The van der Waals surface area contributed by atoms with Crippen LogP contribution in [0, 0.1) is 5.82 Å². The molecule has 1 aliphatic heterocycles. The van der Waals surface area contributed by atoms with Gasteiger partial charge in [0.2, 0.25) is 5.78 Å². The number of rotatable bonds is 2. The van der Waals surface area contributed by atoms with E-state index in [1.165, 1.54) is 32.3 Å². The fraction of sp³-hybridized carbons (Fsp3) is 0.200. The second-order valence-electron chi connectivity index (χ2n) is 5.32. The summed E-state index contributed by atoms with van der Waals surface area (Å²) in [5.74, 6) is -3.97. The van der Waals surface area contributed by atoms with Gasteiger partial charge in [0, 0.05) is 20.3 Å². The van der Waals surface area contributed by atoms with Crippen molar-refractivity contribution in [1.29, 1.82) is 0 Å². The molecule has 0 fully saturated rings. The number of para-hydroxylation sites is 1. The maximum absolute atomic E-state index is 14.0. The Kier molecular flexibility index (Phi) is 3.87. The summed E-state index contributed by atoms with van der Waals surface area (Å²) in [5, 5.41) is 8.34. The molecule has 128 valence electrons. The smallest absolute Gasteiger partial charge is 0.287 e.